The van der Waals surface area contributed by atoms with E-state index in [9.17, 15) is 0 Å². The maximum Gasteiger partial charge on any atom is 0.492 e. The van der Waals surface area contributed by atoms with Gasteiger partial charge < -0.3 is 19.5 Å². The quantitative estimate of drug-likeness (QED) is 0.700. The third kappa shape index (κ3) is 2.12. The van der Waals surface area contributed by atoms with Gasteiger partial charge in [-0.25, -0.2) is 0 Å². The Kier molecular flexibility index (Phi) is 3.63. The molecule has 0 bridgehead atoms. The highest BCUT2D eigenvalue weighted by molar-refractivity contribution is 6.60. The van der Waals surface area contributed by atoms with E-state index in [0.29, 0.717) is 5.75 Å². The van der Waals surface area contributed by atoms with Gasteiger partial charge in [-0.05, 0) is 6.07 Å². The van der Waals surface area contributed by atoms with Crippen molar-refractivity contribution in [2.24, 2.45) is 0 Å². The number of rotatable bonds is 3. The van der Waals surface area contributed by atoms with E-state index in [1.165, 1.54) is 26.4 Å². The van der Waals surface area contributed by atoms with Gasteiger partial charge in [0, 0.05) is 11.5 Å². The molecule has 0 fully saturated rings. The number of halogens is 1. The van der Waals surface area contributed by atoms with Crippen molar-refractivity contribution in [3.05, 3.63) is 17.2 Å². The molecule has 0 aliphatic carbocycles. The molecule has 0 radical (unpaired) electrons. The standard InChI is InChI=1S/C8H10BClO4/c1-13-5-3-6(9(11)12)8(14-2)7(10)4-5/h3-4,11-12H,1-2H3. The molecule has 0 amide bonds. The summed E-state index contributed by atoms with van der Waals surface area (Å²) in [5.74, 6) is 0.682. The van der Waals surface area contributed by atoms with Crippen molar-refractivity contribution in [1.82, 2.24) is 0 Å². The molecule has 6 heteroatoms. The number of ether oxygens (including phenoxy) is 2. The molecule has 0 aliphatic rings. The number of hydrogen-bond acceptors (Lipinski definition) is 4. The molecular formula is C8H10BClO4. The fourth-order valence-corrected chi connectivity index (χ4v) is 1.41. The molecule has 1 aromatic rings. The smallest absolute Gasteiger partial charge is 0.492 e. The van der Waals surface area contributed by atoms with Crippen molar-refractivity contribution >= 4 is 24.2 Å². The number of benzene rings is 1. The molecule has 0 saturated heterocycles. The van der Waals surface area contributed by atoms with Crippen LogP contribution in [-0.4, -0.2) is 31.4 Å². The summed E-state index contributed by atoms with van der Waals surface area (Å²) in [6.07, 6.45) is 0. The Morgan fingerprint density at radius 1 is 1.21 bits per heavy atom. The Balaban J connectivity index is 3.28. The second-order valence-corrected chi connectivity index (χ2v) is 3.01. The monoisotopic (exact) mass is 216 g/mol. The van der Waals surface area contributed by atoms with Crippen LogP contribution in [0.2, 0.25) is 5.02 Å². The zero-order valence-corrected chi connectivity index (χ0v) is 8.58. The lowest BCUT2D eigenvalue weighted by Crippen LogP contribution is -2.31. The Morgan fingerprint density at radius 2 is 1.86 bits per heavy atom. The van der Waals surface area contributed by atoms with Gasteiger partial charge in [0.15, 0.2) is 0 Å². The zero-order valence-electron chi connectivity index (χ0n) is 7.82. The topological polar surface area (TPSA) is 58.9 Å². The molecule has 0 spiro atoms. The van der Waals surface area contributed by atoms with E-state index in [0.717, 1.165) is 0 Å². The summed E-state index contributed by atoms with van der Waals surface area (Å²) < 4.78 is 9.85. The van der Waals surface area contributed by atoms with Crippen molar-refractivity contribution in [2.75, 3.05) is 14.2 Å². The molecule has 0 saturated carbocycles. The fourth-order valence-electron chi connectivity index (χ4n) is 1.11. The first-order valence-electron chi connectivity index (χ1n) is 3.87. The van der Waals surface area contributed by atoms with Crippen molar-refractivity contribution in [3.63, 3.8) is 0 Å². The lowest BCUT2D eigenvalue weighted by Gasteiger charge is -2.11. The molecule has 0 aromatic heterocycles. The molecule has 0 heterocycles. The molecule has 4 nitrogen and oxygen atoms in total. The summed E-state index contributed by atoms with van der Waals surface area (Å²) in [6, 6.07) is 2.99. The maximum absolute atomic E-state index is 9.04. The van der Waals surface area contributed by atoms with E-state index >= 15 is 0 Å². The van der Waals surface area contributed by atoms with E-state index < -0.39 is 7.12 Å². The van der Waals surface area contributed by atoms with Crippen LogP contribution in [0.15, 0.2) is 12.1 Å². The van der Waals surface area contributed by atoms with Gasteiger partial charge in [0.1, 0.15) is 11.5 Å². The van der Waals surface area contributed by atoms with Crippen LogP contribution in [-0.2, 0) is 0 Å². The van der Waals surface area contributed by atoms with E-state index in [2.05, 4.69) is 0 Å². The highest BCUT2D eigenvalue weighted by Crippen LogP contribution is 2.26. The summed E-state index contributed by atoms with van der Waals surface area (Å²) >= 11 is 5.83. The summed E-state index contributed by atoms with van der Waals surface area (Å²) in [5.41, 5.74) is 0.178. The van der Waals surface area contributed by atoms with E-state index in [4.69, 9.17) is 31.1 Å². The Bertz CT molecular complexity index is 329. The lowest BCUT2D eigenvalue weighted by atomic mass is 9.79. The fraction of sp³-hybridized carbons (Fsp3) is 0.250. The molecule has 2 N–H and O–H groups in total. The largest absolute Gasteiger partial charge is 0.497 e. The lowest BCUT2D eigenvalue weighted by molar-refractivity contribution is 0.396. The summed E-state index contributed by atoms with van der Waals surface area (Å²) in [5, 5.41) is 18.4. The molecule has 76 valence electrons. The molecule has 1 rings (SSSR count). The van der Waals surface area contributed by atoms with Gasteiger partial charge in [-0.15, -0.1) is 0 Å². The molecule has 0 unspecified atom stereocenters. The summed E-state index contributed by atoms with van der Waals surface area (Å²) in [7, 11) is 1.23. The molecule has 1 aromatic carbocycles. The van der Waals surface area contributed by atoms with E-state index in [1.807, 2.05) is 0 Å². The third-order valence-electron chi connectivity index (χ3n) is 1.76. The van der Waals surface area contributed by atoms with Crippen molar-refractivity contribution < 1.29 is 19.5 Å². The summed E-state index contributed by atoms with van der Waals surface area (Å²) in [6.45, 7) is 0. The van der Waals surface area contributed by atoms with Gasteiger partial charge in [0.05, 0.1) is 19.2 Å². The molecule has 0 aliphatic heterocycles. The van der Waals surface area contributed by atoms with Crippen LogP contribution < -0.4 is 14.9 Å². The summed E-state index contributed by atoms with van der Waals surface area (Å²) in [4.78, 5) is 0. The van der Waals surface area contributed by atoms with Crippen molar-refractivity contribution in [1.29, 1.82) is 0 Å². The number of methoxy groups -OCH3 is 2. The van der Waals surface area contributed by atoms with Crippen LogP contribution in [0.1, 0.15) is 0 Å². The highest BCUT2D eigenvalue weighted by atomic mass is 35.5. The first-order valence-corrected chi connectivity index (χ1v) is 4.25. The maximum atomic E-state index is 9.04. The Labute approximate surface area is 87.2 Å². The van der Waals surface area contributed by atoms with Crippen LogP contribution in [0.25, 0.3) is 0 Å². The predicted octanol–water partition coefficient (Wildman–Crippen LogP) is 0.0370. The SMILES string of the molecule is COc1cc(Cl)c(OC)c(B(O)O)c1. The van der Waals surface area contributed by atoms with Gasteiger partial charge in [-0.3, -0.25) is 0 Å². The Morgan fingerprint density at radius 3 is 2.29 bits per heavy atom. The third-order valence-corrected chi connectivity index (χ3v) is 2.04. The van der Waals surface area contributed by atoms with Gasteiger partial charge >= 0.3 is 7.12 Å². The minimum atomic E-state index is -1.64. The van der Waals surface area contributed by atoms with Crippen LogP contribution in [0.4, 0.5) is 0 Å². The minimum absolute atomic E-state index is 0.178. The van der Waals surface area contributed by atoms with Crippen molar-refractivity contribution in [3.8, 4) is 11.5 Å². The van der Waals surface area contributed by atoms with E-state index in [-0.39, 0.29) is 16.2 Å². The minimum Gasteiger partial charge on any atom is -0.497 e. The molecule has 14 heavy (non-hydrogen) atoms. The zero-order chi connectivity index (χ0) is 10.7. The van der Waals surface area contributed by atoms with Crippen LogP contribution >= 0.6 is 11.6 Å². The van der Waals surface area contributed by atoms with Gasteiger partial charge in [-0.1, -0.05) is 11.6 Å². The van der Waals surface area contributed by atoms with E-state index in [1.54, 1.807) is 0 Å². The van der Waals surface area contributed by atoms with Gasteiger partial charge in [0.25, 0.3) is 0 Å². The van der Waals surface area contributed by atoms with Crippen LogP contribution in [0.5, 0.6) is 11.5 Å². The molecular weight excluding hydrogens is 206 g/mol. The second kappa shape index (κ2) is 4.55. The Hall–Kier alpha value is -0.905. The van der Waals surface area contributed by atoms with Gasteiger partial charge in [-0.2, -0.15) is 0 Å². The normalized spacial score (nSPS) is 9.79. The van der Waals surface area contributed by atoms with Crippen LogP contribution in [0.3, 0.4) is 0 Å². The first-order chi connectivity index (χ1) is 6.60. The highest BCUT2D eigenvalue weighted by Gasteiger charge is 2.20. The number of hydrogen-bond donors (Lipinski definition) is 2. The second-order valence-electron chi connectivity index (χ2n) is 2.61. The average molecular weight is 216 g/mol. The molecule has 0 atom stereocenters. The van der Waals surface area contributed by atoms with Crippen LogP contribution in [0, 0.1) is 0 Å². The van der Waals surface area contributed by atoms with Crippen molar-refractivity contribution in [2.45, 2.75) is 0 Å². The average Bonchev–Trinajstić information content (AvgIpc) is 2.16. The first kappa shape index (κ1) is 11.2. The predicted molar refractivity (Wildman–Crippen MR) is 54.4 cm³/mol. The van der Waals surface area contributed by atoms with Gasteiger partial charge in [0.2, 0.25) is 0 Å².